The van der Waals surface area contributed by atoms with E-state index in [-0.39, 0.29) is 0 Å². The van der Waals surface area contributed by atoms with Crippen LogP contribution in [0.4, 0.5) is 0 Å². The average molecular weight is 261 g/mol. The second kappa shape index (κ2) is 3.18. The van der Waals surface area contributed by atoms with Gasteiger partial charge in [0.2, 0.25) is 0 Å². The molecule has 4 aromatic rings. The molecule has 0 aliphatic heterocycles. The van der Waals surface area contributed by atoms with Gasteiger partial charge in [-0.2, -0.15) is 0 Å². The van der Waals surface area contributed by atoms with Crippen LogP contribution in [0.5, 0.6) is 0 Å². The predicted molar refractivity (Wildman–Crippen MR) is 69.7 cm³/mol. The van der Waals surface area contributed by atoms with Gasteiger partial charge in [0.15, 0.2) is 5.58 Å². The molecular weight excluding hydrogens is 256 g/mol. The first-order valence-electron chi connectivity index (χ1n) is 5.03. The molecule has 0 unspecified atom stereocenters. The second-order valence-corrected chi connectivity index (χ2v) is 5.08. The van der Waals surface area contributed by atoms with E-state index in [1.807, 2.05) is 18.2 Å². The molecule has 0 saturated heterocycles. The zero-order chi connectivity index (χ0) is 11.4. The van der Waals surface area contributed by atoms with Gasteiger partial charge in [0.25, 0.3) is 0 Å². The van der Waals surface area contributed by atoms with Crippen LogP contribution in [0.15, 0.2) is 35.2 Å². The van der Waals surface area contributed by atoms with Crippen LogP contribution in [-0.4, -0.2) is 9.97 Å². The molecule has 82 valence electrons. The van der Waals surface area contributed by atoms with Gasteiger partial charge in [-0.15, -0.1) is 11.3 Å². The molecule has 0 amide bonds. The molecule has 0 radical (unpaired) electrons. The molecule has 0 N–H and O–H groups in total. The first kappa shape index (κ1) is 9.39. The summed E-state index contributed by atoms with van der Waals surface area (Å²) in [6.07, 6.45) is 3.18. The van der Waals surface area contributed by atoms with E-state index in [1.54, 1.807) is 17.6 Å². The van der Waals surface area contributed by atoms with Crippen LogP contribution in [0.25, 0.3) is 31.3 Å². The van der Waals surface area contributed by atoms with Crippen molar-refractivity contribution >= 4 is 54.2 Å². The van der Waals surface area contributed by atoms with Crippen molar-refractivity contribution in [2.24, 2.45) is 0 Å². The van der Waals surface area contributed by atoms with Crippen molar-refractivity contribution in [3.63, 3.8) is 0 Å². The van der Waals surface area contributed by atoms with Gasteiger partial charge in [-0.3, -0.25) is 0 Å². The van der Waals surface area contributed by atoms with Crippen LogP contribution in [0, 0.1) is 0 Å². The molecule has 0 fully saturated rings. The molecule has 4 rings (SSSR count). The van der Waals surface area contributed by atoms with Gasteiger partial charge in [-0.05, 0) is 6.07 Å². The Hall–Kier alpha value is -1.65. The first-order valence-corrected chi connectivity index (χ1v) is 6.23. The molecule has 0 bridgehead atoms. The van der Waals surface area contributed by atoms with Crippen LogP contribution >= 0.6 is 22.9 Å². The van der Waals surface area contributed by atoms with Crippen molar-refractivity contribution in [2.45, 2.75) is 0 Å². The topological polar surface area (TPSA) is 38.9 Å². The molecule has 5 heteroatoms. The molecular formula is C12H5ClN2OS. The van der Waals surface area contributed by atoms with Crippen molar-refractivity contribution in [2.75, 3.05) is 0 Å². The summed E-state index contributed by atoms with van der Waals surface area (Å²) < 4.78 is 6.59. The van der Waals surface area contributed by atoms with E-state index < -0.39 is 0 Å². The van der Waals surface area contributed by atoms with Crippen molar-refractivity contribution in [1.29, 1.82) is 0 Å². The molecule has 3 heterocycles. The third-order valence-electron chi connectivity index (χ3n) is 2.81. The first-order chi connectivity index (χ1) is 8.34. The van der Waals surface area contributed by atoms with Crippen LogP contribution in [0.2, 0.25) is 5.15 Å². The third-order valence-corrected chi connectivity index (χ3v) is 4.21. The number of hydrogen-bond donors (Lipinski definition) is 0. The van der Waals surface area contributed by atoms with Crippen molar-refractivity contribution < 1.29 is 4.42 Å². The van der Waals surface area contributed by atoms with Gasteiger partial charge in [-0.25, -0.2) is 9.97 Å². The summed E-state index contributed by atoms with van der Waals surface area (Å²) in [6, 6.07) is 6.02. The molecule has 1 aromatic carbocycles. The minimum Gasteiger partial charge on any atom is -0.463 e. The van der Waals surface area contributed by atoms with Gasteiger partial charge < -0.3 is 4.42 Å². The molecule has 3 nitrogen and oxygen atoms in total. The summed E-state index contributed by atoms with van der Waals surface area (Å²) >= 11 is 7.71. The van der Waals surface area contributed by atoms with Gasteiger partial charge in [-0.1, -0.05) is 23.7 Å². The Bertz CT molecular complexity index is 865. The smallest absolute Gasteiger partial charge is 0.151 e. The summed E-state index contributed by atoms with van der Waals surface area (Å²) in [6.45, 7) is 0. The zero-order valence-corrected chi connectivity index (χ0v) is 10.0. The lowest BCUT2D eigenvalue weighted by Crippen LogP contribution is -1.78. The van der Waals surface area contributed by atoms with E-state index in [2.05, 4.69) is 9.97 Å². The Kier molecular flexibility index (Phi) is 1.76. The fourth-order valence-electron chi connectivity index (χ4n) is 2.05. The van der Waals surface area contributed by atoms with Gasteiger partial charge >= 0.3 is 0 Å². The lowest BCUT2D eigenvalue weighted by Gasteiger charge is -1.93. The van der Waals surface area contributed by atoms with E-state index in [1.165, 1.54) is 6.33 Å². The van der Waals surface area contributed by atoms with Crippen LogP contribution < -0.4 is 0 Å². The Morgan fingerprint density at radius 1 is 1.18 bits per heavy atom. The molecule has 0 aliphatic carbocycles. The number of hydrogen-bond acceptors (Lipinski definition) is 4. The van der Waals surface area contributed by atoms with E-state index in [9.17, 15) is 0 Å². The van der Waals surface area contributed by atoms with E-state index in [0.29, 0.717) is 5.15 Å². The number of furan rings is 1. The number of halogens is 1. The van der Waals surface area contributed by atoms with Crippen LogP contribution in [-0.2, 0) is 0 Å². The number of nitrogens with zero attached hydrogens (tertiary/aromatic N) is 2. The van der Waals surface area contributed by atoms with Gasteiger partial charge in [0, 0.05) is 10.8 Å². The number of benzene rings is 1. The highest BCUT2D eigenvalue weighted by Crippen LogP contribution is 2.39. The minimum atomic E-state index is 0.493. The number of fused-ring (bicyclic) bond motifs is 5. The van der Waals surface area contributed by atoms with Crippen molar-refractivity contribution in [3.8, 4) is 0 Å². The second-order valence-electron chi connectivity index (χ2n) is 3.73. The number of rotatable bonds is 0. The largest absolute Gasteiger partial charge is 0.463 e. The molecule has 0 aliphatic rings. The molecule has 0 atom stereocenters. The molecule has 3 aromatic heterocycles. The summed E-state index contributed by atoms with van der Waals surface area (Å²) in [5.41, 5.74) is 0.890. The Morgan fingerprint density at radius 2 is 2.12 bits per heavy atom. The number of thiophene rings is 1. The summed E-state index contributed by atoms with van der Waals surface area (Å²) in [5, 5.41) is 3.55. The van der Waals surface area contributed by atoms with E-state index >= 15 is 0 Å². The lowest BCUT2D eigenvalue weighted by molar-refractivity contribution is 0.619. The van der Waals surface area contributed by atoms with Gasteiger partial charge in [0.05, 0.1) is 16.3 Å². The maximum Gasteiger partial charge on any atom is 0.151 e. The van der Waals surface area contributed by atoms with Crippen molar-refractivity contribution in [3.05, 3.63) is 35.9 Å². The van der Waals surface area contributed by atoms with E-state index in [0.717, 1.165) is 31.3 Å². The zero-order valence-electron chi connectivity index (χ0n) is 8.48. The molecule has 17 heavy (non-hydrogen) atoms. The summed E-state index contributed by atoms with van der Waals surface area (Å²) in [7, 11) is 0. The highest BCUT2D eigenvalue weighted by molar-refractivity contribution is 7.26. The fraction of sp³-hybridized carbons (Fsp3) is 0. The average Bonchev–Trinajstić information content (AvgIpc) is 2.91. The Labute approximate surface area is 105 Å². The predicted octanol–water partition coefficient (Wildman–Crippen LogP) is 4.24. The standard InChI is InChI=1S/C12H5ClN2OS/c13-11-8-7-2-1-6-3-4-16-9(6)10(7)17-12(8)15-5-14-11/h1-5H. The lowest BCUT2D eigenvalue weighted by atomic mass is 10.2. The normalized spacial score (nSPS) is 11.8. The third kappa shape index (κ3) is 1.16. The van der Waals surface area contributed by atoms with Crippen molar-refractivity contribution in [1.82, 2.24) is 9.97 Å². The van der Waals surface area contributed by atoms with Crippen LogP contribution in [0.3, 0.4) is 0 Å². The highest BCUT2D eigenvalue weighted by Gasteiger charge is 2.13. The summed E-state index contributed by atoms with van der Waals surface area (Å²) in [5.74, 6) is 0. The monoisotopic (exact) mass is 260 g/mol. The Morgan fingerprint density at radius 3 is 3.06 bits per heavy atom. The quantitative estimate of drug-likeness (QED) is 0.444. The molecule has 0 saturated carbocycles. The highest BCUT2D eigenvalue weighted by atomic mass is 35.5. The summed E-state index contributed by atoms with van der Waals surface area (Å²) in [4.78, 5) is 9.17. The van der Waals surface area contributed by atoms with E-state index in [4.69, 9.17) is 16.0 Å². The maximum absolute atomic E-state index is 6.13. The SMILES string of the molecule is Clc1ncnc2sc3c(ccc4ccoc43)c12. The van der Waals surface area contributed by atoms with Crippen LogP contribution in [0.1, 0.15) is 0 Å². The number of aromatic nitrogens is 2. The fourth-order valence-corrected chi connectivity index (χ4v) is 3.49. The minimum absolute atomic E-state index is 0.493. The van der Waals surface area contributed by atoms with Gasteiger partial charge in [0.1, 0.15) is 16.3 Å². The maximum atomic E-state index is 6.13. The molecule has 0 spiro atoms. The Balaban J connectivity index is 2.37.